The van der Waals surface area contributed by atoms with Gasteiger partial charge in [0.25, 0.3) is 11.8 Å². The Morgan fingerprint density at radius 3 is 2.52 bits per heavy atom. The number of halogens is 3. The summed E-state index contributed by atoms with van der Waals surface area (Å²) < 4.78 is 46.6. The molecule has 0 radical (unpaired) electrons. The Morgan fingerprint density at radius 2 is 1.97 bits per heavy atom. The molecule has 180 valence electrons. The summed E-state index contributed by atoms with van der Waals surface area (Å²) in [6.45, 7) is 0.654. The summed E-state index contributed by atoms with van der Waals surface area (Å²) in [5.41, 5.74) is 4.02. The van der Waals surface area contributed by atoms with Gasteiger partial charge < -0.3 is 20.7 Å². The Labute approximate surface area is 189 Å². The number of carbonyl (C=O) groups is 3. The SMILES string of the molecule is NC(=O)[C@@H](C(=O)Nc1ccc(N2CCOCC2=O)cc1C(F)(F)F)N(CC1CC1)C1CCC1. The van der Waals surface area contributed by atoms with Gasteiger partial charge >= 0.3 is 6.18 Å². The summed E-state index contributed by atoms with van der Waals surface area (Å²) in [5, 5.41) is 2.29. The van der Waals surface area contributed by atoms with Gasteiger partial charge in [-0.15, -0.1) is 0 Å². The van der Waals surface area contributed by atoms with Crippen LogP contribution in [0.5, 0.6) is 0 Å². The molecule has 8 nitrogen and oxygen atoms in total. The average Bonchev–Trinajstić information content (AvgIpc) is 3.50. The second-order valence-electron chi connectivity index (χ2n) is 8.84. The van der Waals surface area contributed by atoms with Gasteiger partial charge in [-0.3, -0.25) is 19.3 Å². The van der Waals surface area contributed by atoms with E-state index in [1.54, 1.807) is 4.90 Å². The Bertz CT molecular complexity index is 931. The van der Waals surface area contributed by atoms with Gasteiger partial charge in [-0.25, -0.2) is 0 Å². The lowest BCUT2D eigenvalue weighted by atomic mass is 9.89. The fourth-order valence-electron chi connectivity index (χ4n) is 4.26. The number of carbonyl (C=O) groups excluding carboxylic acids is 3. The van der Waals surface area contributed by atoms with Gasteiger partial charge in [-0.1, -0.05) is 6.42 Å². The third-order valence-electron chi connectivity index (χ3n) is 6.42. The number of morpholine rings is 1. The maximum Gasteiger partial charge on any atom is 0.418 e. The highest BCUT2D eigenvalue weighted by atomic mass is 19.4. The number of nitrogens with one attached hydrogen (secondary N) is 1. The Kier molecular flexibility index (Phi) is 6.62. The number of alkyl halides is 3. The molecule has 1 atom stereocenters. The van der Waals surface area contributed by atoms with E-state index >= 15 is 0 Å². The highest BCUT2D eigenvalue weighted by molar-refractivity contribution is 6.10. The fraction of sp³-hybridized carbons (Fsp3) is 0.591. The number of benzene rings is 1. The van der Waals surface area contributed by atoms with Gasteiger partial charge in [0.2, 0.25) is 5.91 Å². The smallest absolute Gasteiger partial charge is 0.370 e. The lowest BCUT2D eigenvalue weighted by Crippen LogP contribution is -2.58. The third-order valence-corrected chi connectivity index (χ3v) is 6.42. The highest BCUT2D eigenvalue weighted by Crippen LogP contribution is 2.38. The van der Waals surface area contributed by atoms with Crippen molar-refractivity contribution in [2.75, 3.05) is 36.5 Å². The van der Waals surface area contributed by atoms with Crippen LogP contribution in [-0.4, -0.2) is 61.0 Å². The summed E-state index contributed by atoms with van der Waals surface area (Å²) >= 11 is 0. The number of amides is 3. The van der Waals surface area contributed by atoms with Gasteiger partial charge in [-0.2, -0.15) is 13.2 Å². The molecular weight excluding hydrogens is 441 g/mol. The Morgan fingerprint density at radius 1 is 1.24 bits per heavy atom. The lowest BCUT2D eigenvalue weighted by molar-refractivity contribution is -0.137. The lowest BCUT2D eigenvalue weighted by Gasteiger charge is -2.40. The molecule has 4 rings (SSSR count). The minimum Gasteiger partial charge on any atom is -0.370 e. The van der Waals surface area contributed by atoms with Gasteiger partial charge in [0.1, 0.15) is 6.61 Å². The van der Waals surface area contributed by atoms with Crippen LogP contribution in [0.3, 0.4) is 0 Å². The van der Waals surface area contributed by atoms with E-state index in [0.29, 0.717) is 12.5 Å². The van der Waals surface area contributed by atoms with Crippen LogP contribution in [0.25, 0.3) is 0 Å². The molecule has 2 saturated carbocycles. The zero-order valence-electron chi connectivity index (χ0n) is 18.1. The molecule has 33 heavy (non-hydrogen) atoms. The molecule has 3 aliphatic rings. The molecular formula is C22H27F3N4O4. The predicted octanol–water partition coefficient (Wildman–Crippen LogP) is 2.13. The Hall–Kier alpha value is -2.66. The molecule has 0 aromatic heterocycles. The number of ether oxygens (including phenoxy) is 1. The van der Waals surface area contributed by atoms with E-state index in [9.17, 15) is 27.6 Å². The van der Waals surface area contributed by atoms with Crippen molar-refractivity contribution in [3.8, 4) is 0 Å². The van der Waals surface area contributed by atoms with E-state index in [1.165, 1.54) is 11.0 Å². The molecule has 1 aromatic rings. The van der Waals surface area contributed by atoms with E-state index in [2.05, 4.69) is 5.32 Å². The number of hydrogen-bond donors (Lipinski definition) is 2. The quantitative estimate of drug-likeness (QED) is 0.569. The van der Waals surface area contributed by atoms with Gasteiger partial charge in [0, 0.05) is 24.8 Å². The zero-order valence-corrected chi connectivity index (χ0v) is 18.1. The van der Waals surface area contributed by atoms with Crippen molar-refractivity contribution >= 4 is 29.1 Å². The van der Waals surface area contributed by atoms with Crippen molar-refractivity contribution in [1.29, 1.82) is 0 Å². The van der Waals surface area contributed by atoms with E-state index in [1.807, 2.05) is 0 Å². The van der Waals surface area contributed by atoms with Crippen molar-refractivity contribution in [3.63, 3.8) is 0 Å². The summed E-state index contributed by atoms with van der Waals surface area (Å²) in [6, 6.07) is 1.93. The summed E-state index contributed by atoms with van der Waals surface area (Å²) in [6.07, 6.45) is -0.191. The first kappa shape index (κ1) is 23.5. The van der Waals surface area contributed by atoms with Crippen LogP contribution in [0.2, 0.25) is 0 Å². The molecule has 3 amide bonds. The Balaban J connectivity index is 1.59. The van der Waals surface area contributed by atoms with Crippen LogP contribution in [0, 0.1) is 5.92 Å². The zero-order chi connectivity index (χ0) is 23.8. The normalized spacial score (nSPS) is 20.5. The average molecular weight is 468 g/mol. The molecule has 1 saturated heterocycles. The molecule has 2 aliphatic carbocycles. The van der Waals surface area contributed by atoms with Crippen LogP contribution in [0.15, 0.2) is 18.2 Å². The van der Waals surface area contributed by atoms with E-state index in [0.717, 1.165) is 44.2 Å². The van der Waals surface area contributed by atoms with Crippen LogP contribution >= 0.6 is 0 Å². The van der Waals surface area contributed by atoms with E-state index in [4.69, 9.17) is 10.5 Å². The van der Waals surface area contributed by atoms with Gasteiger partial charge in [0.05, 0.1) is 17.9 Å². The minimum atomic E-state index is -4.79. The summed E-state index contributed by atoms with van der Waals surface area (Å²) in [4.78, 5) is 40.3. The maximum atomic E-state index is 13.9. The largest absolute Gasteiger partial charge is 0.418 e. The molecule has 1 aliphatic heterocycles. The standard InChI is InChI=1S/C22H27F3N4O4/c23-22(24,25)16-10-15(28-8-9-33-12-18(28)30)6-7-17(16)27-21(32)19(20(26)31)29(11-13-4-5-13)14-2-1-3-14/h6-7,10,13-14,19H,1-5,8-9,11-12H2,(H2,26,31)(H,27,32)/t19-/m0/s1. The highest BCUT2D eigenvalue weighted by Gasteiger charge is 2.42. The summed E-state index contributed by atoms with van der Waals surface area (Å²) in [7, 11) is 0. The number of nitrogens with zero attached hydrogens (tertiary/aromatic N) is 2. The monoisotopic (exact) mass is 468 g/mol. The third kappa shape index (κ3) is 5.30. The van der Waals surface area contributed by atoms with Crippen molar-refractivity contribution < 1.29 is 32.3 Å². The summed E-state index contributed by atoms with van der Waals surface area (Å²) in [5.74, 6) is -1.84. The molecule has 3 fully saturated rings. The first-order chi connectivity index (χ1) is 15.6. The van der Waals surface area contributed by atoms with Crippen molar-refractivity contribution in [1.82, 2.24) is 4.90 Å². The maximum absolute atomic E-state index is 13.9. The molecule has 0 bridgehead atoms. The second-order valence-corrected chi connectivity index (χ2v) is 8.84. The van der Waals surface area contributed by atoms with Gasteiger partial charge in [0.15, 0.2) is 6.04 Å². The minimum absolute atomic E-state index is 0.0191. The molecule has 11 heteroatoms. The second kappa shape index (κ2) is 9.30. The van der Waals surface area contributed by atoms with Crippen LogP contribution in [0.1, 0.15) is 37.7 Å². The topological polar surface area (TPSA) is 105 Å². The molecule has 0 spiro atoms. The number of nitrogens with two attached hydrogens (primary N) is 1. The van der Waals surface area contributed by atoms with E-state index in [-0.39, 0.29) is 31.5 Å². The van der Waals surface area contributed by atoms with Crippen molar-refractivity contribution in [2.24, 2.45) is 11.7 Å². The van der Waals surface area contributed by atoms with Crippen molar-refractivity contribution in [2.45, 2.75) is 50.4 Å². The van der Waals surface area contributed by atoms with E-state index < -0.39 is 41.2 Å². The van der Waals surface area contributed by atoms with Crippen molar-refractivity contribution in [3.05, 3.63) is 23.8 Å². The van der Waals surface area contributed by atoms with Crippen LogP contribution < -0.4 is 16.0 Å². The number of anilines is 2. The predicted molar refractivity (Wildman–Crippen MR) is 113 cm³/mol. The number of primary amides is 1. The van der Waals surface area contributed by atoms with Gasteiger partial charge in [-0.05, 0) is 49.8 Å². The molecule has 1 aromatic carbocycles. The number of hydrogen-bond acceptors (Lipinski definition) is 5. The first-order valence-corrected chi connectivity index (χ1v) is 11.1. The van der Waals surface area contributed by atoms with Crippen LogP contribution in [0.4, 0.5) is 24.5 Å². The fourth-order valence-corrected chi connectivity index (χ4v) is 4.26. The molecule has 0 unspecified atom stereocenters. The van der Waals surface area contributed by atoms with Crippen LogP contribution in [-0.2, 0) is 25.3 Å². The molecule has 3 N–H and O–H groups in total. The first-order valence-electron chi connectivity index (χ1n) is 11.1. The number of rotatable bonds is 8. The molecule has 1 heterocycles.